The van der Waals surface area contributed by atoms with E-state index < -0.39 is 5.54 Å². The number of nitriles is 1. The molecule has 0 aliphatic carbocycles. The molecule has 3 heterocycles. The summed E-state index contributed by atoms with van der Waals surface area (Å²) in [5, 5.41) is 14.3. The molecule has 0 aliphatic rings. The Kier molecular flexibility index (Phi) is 5.66. The average molecular weight is 390 g/mol. The van der Waals surface area contributed by atoms with Gasteiger partial charge in [0.1, 0.15) is 17.7 Å². The van der Waals surface area contributed by atoms with Gasteiger partial charge in [0, 0.05) is 17.9 Å². The number of hydrogen-bond acceptors (Lipinski definition) is 7. The van der Waals surface area contributed by atoms with Crippen LogP contribution in [-0.2, 0) is 5.54 Å². The van der Waals surface area contributed by atoms with Crippen LogP contribution >= 0.6 is 0 Å². The van der Waals surface area contributed by atoms with Gasteiger partial charge in [0.25, 0.3) is 0 Å². The van der Waals surface area contributed by atoms with Crippen LogP contribution in [0.2, 0.25) is 0 Å². The topological polar surface area (TPSA) is 110 Å². The van der Waals surface area contributed by atoms with E-state index in [0.29, 0.717) is 23.1 Å². The summed E-state index contributed by atoms with van der Waals surface area (Å²) in [6.45, 7) is 8.01. The summed E-state index contributed by atoms with van der Waals surface area (Å²) in [5.41, 5.74) is 8.06. The first-order chi connectivity index (χ1) is 13.8. The third-order valence-electron chi connectivity index (χ3n) is 5.00. The van der Waals surface area contributed by atoms with Gasteiger partial charge in [-0.05, 0) is 55.3 Å². The largest absolute Gasteiger partial charge is 0.481 e. The van der Waals surface area contributed by atoms with E-state index in [2.05, 4.69) is 40.2 Å². The van der Waals surface area contributed by atoms with Crippen molar-refractivity contribution in [1.82, 2.24) is 15.0 Å². The molecule has 0 fully saturated rings. The highest BCUT2D eigenvalue weighted by Crippen LogP contribution is 2.32. The van der Waals surface area contributed by atoms with Crippen LogP contribution in [0, 0.1) is 11.3 Å². The number of rotatable bonds is 6. The summed E-state index contributed by atoms with van der Waals surface area (Å²) in [7, 11) is 1.58. The van der Waals surface area contributed by atoms with Gasteiger partial charge in [-0.3, -0.25) is 0 Å². The summed E-state index contributed by atoms with van der Waals surface area (Å²) >= 11 is 0. The lowest BCUT2D eigenvalue weighted by molar-refractivity contribution is 0.402. The van der Waals surface area contributed by atoms with Crippen LogP contribution in [0.1, 0.15) is 56.9 Å². The van der Waals surface area contributed by atoms with Crippen molar-refractivity contribution in [2.75, 3.05) is 12.4 Å². The maximum Gasteiger partial charge on any atom is 0.222 e. The van der Waals surface area contributed by atoms with E-state index in [4.69, 9.17) is 10.5 Å². The molecule has 3 rings (SSSR count). The lowest BCUT2D eigenvalue weighted by Gasteiger charge is -2.22. The van der Waals surface area contributed by atoms with Gasteiger partial charge in [-0.25, -0.2) is 15.0 Å². The number of aromatic nitrogens is 3. The molecule has 0 spiro atoms. The number of anilines is 2. The van der Waals surface area contributed by atoms with Gasteiger partial charge < -0.3 is 15.8 Å². The minimum Gasteiger partial charge on any atom is -0.481 e. The predicted molar refractivity (Wildman–Crippen MR) is 114 cm³/mol. The molecule has 0 amide bonds. The zero-order chi connectivity index (χ0) is 21.2. The molecule has 3 aromatic heterocycles. The van der Waals surface area contributed by atoms with Gasteiger partial charge in [-0.2, -0.15) is 5.26 Å². The van der Waals surface area contributed by atoms with E-state index in [1.54, 1.807) is 31.6 Å². The Labute approximate surface area is 171 Å². The molecule has 0 unspecified atom stereocenters. The van der Waals surface area contributed by atoms with Crippen molar-refractivity contribution in [2.24, 2.45) is 5.73 Å². The van der Waals surface area contributed by atoms with Crippen molar-refractivity contribution in [3.8, 4) is 11.9 Å². The quantitative estimate of drug-likeness (QED) is 0.643. The molecule has 0 aromatic carbocycles. The normalized spacial score (nSPS) is 12.4. The highest BCUT2D eigenvalue weighted by Gasteiger charge is 2.21. The fraction of sp³-hybridized carbons (Fsp3) is 0.364. The van der Waals surface area contributed by atoms with Crippen molar-refractivity contribution in [2.45, 2.75) is 45.6 Å². The van der Waals surface area contributed by atoms with Gasteiger partial charge in [-0.15, -0.1) is 0 Å². The van der Waals surface area contributed by atoms with Crippen LogP contribution in [0.25, 0.3) is 10.8 Å². The first-order valence-corrected chi connectivity index (χ1v) is 9.58. The molecular formula is C22H26N6O. The molecule has 0 aliphatic heterocycles. The van der Waals surface area contributed by atoms with Crippen LogP contribution in [0.4, 0.5) is 11.6 Å². The number of hydrogen-bond donors (Lipinski definition) is 2. The summed E-state index contributed by atoms with van der Waals surface area (Å²) in [5.74, 6) is 1.96. The van der Waals surface area contributed by atoms with Crippen molar-refractivity contribution in [3.05, 3.63) is 47.4 Å². The predicted octanol–water partition coefficient (Wildman–Crippen LogP) is 4.36. The first-order valence-electron chi connectivity index (χ1n) is 9.58. The number of pyridine rings is 3. The second kappa shape index (κ2) is 8.02. The second-order valence-electron chi connectivity index (χ2n) is 7.69. The van der Waals surface area contributed by atoms with E-state index in [1.165, 1.54) is 0 Å². The van der Waals surface area contributed by atoms with Gasteiger partial charge in [-0.1, -0.05) is 13.8 Å². The molecule has 150 valence electrons. The molecule has 29 heavy (non-hydrogen) atoms. The standard InChI is InChI=1S/C22H26N6O/c1-6-13(2)20-14(10-23)7-8-18(28-20)27-19-9-15-16(11-25-19)21(29-5)26-12-17(15)22(3,4)24/h7-9,11-13H,6,24H2,1-5H3,(H,25,27,28)/t13-/m0/s1. The number of fused-ring (bicyclic) bond motifs is 1. The second-order valence-corrected chi connectivity index (χ2v) is 7.69. The van der Waals surface area contributed by atoms with Gasteiger partial charge >= 0.3 is 0 Å². The van der Waals surface area contributed by atoms with Crippen LogP contribution in [0.3, 0.4) is 0 Å². The van der Waals surface area contributed by atoms with Crippen molar-refractivity contribution >= 4 is 22.4 Å². The third-order valence-corrected chi connectivity index (χ3v) is 5.00. The molecule has 0 saturated heterocycles. The van der Waals surface area contributed by atoms with Crippen molar-refractivity contribution in [3.63, 3.8) is 0 Å². The van der Waals surface area contributed by atoms with Crippen LogP contribution < -0.4 is 15.8 Å². The van der Waals surface area contributed by atoms with E-state index in [0.717, 1.165) is 28.5 Å². The Morgan fingerprint density at radius 2 is 1.97 bits per heavy atom. The molecule has 7 heteroatoms. The lowest BCUT2D eigenvalue weighted by atomic mass is 9.93. The summed E-state index contributed by atoms with van der Waals surface area (Å²) < 4.78 is 5.38. The van der Waals surface area contributed by atoms with Crippen LogP contribution in [0.15, 0.2) is 30.6 Å². The van der Waals surface area contributed by atoms with Crippen molar-refractivity contribution < 1.29 is 4.74 Å². The first kappa shape index (κ1) is 20.5. The van der Waals surface area contributed by atoms with Gasteiger partial charge in [0.2, 0.25) is 5.88 Å². The van der Waals surface area contributed by atoms with E-state index in [1.807, 2.05) is 19.9 Å². The van der Waals surface area contributed by atoms with Gasteiger partial charge in [0.15, 0.2) is 0 Å². The van der Waals surface area contributed by atoms with E-state index in [-0.39, 0.29) is 5.92 Å². The third kappa shape index (κ3) is 4.13. The monoisotopic (exact) mass is 390 g/mol. The Morgan fingerprint density at radius 1 is 1.21 bits per heavy atom. The lowest BCUT2D eigenvalue weighted by Crippen LogP contribution is -2.29. The zero-order valence-electron chi connectivity index (χ0n) is 17.4. The molecule has 7 nitrogen and oxygen atoms in total. The minimum atomic E-state index is -0.577. The SMILES string of the molecule is CC[C@H](C)c1nc(Nc2cc3c(C(C)(C)N)cnc(OC)c3cn2)ccc1C#N. The summed E-state index contributed by atoms with van der Waals surface area (Å²) in [4.78, 5) is 13.5. The van der Waals surface area contributed by atoms with E-state index >= 15 is 0 Å². The highest BCUT2D eigenvalue weighted by molar-refractivity contribution is 5.91. The van der Waals surface area contributed by atoms with Crippen molar-refractivity contribution in [1.29, 1.82) is 5.26 Å². The fourth-order valence-corrected chi connectivity index (χ4v) is 3.19. The number of nitrogens with two attached hydrogens (primary N) is 1. The molecule has 0 bridgehead atoms. The molecule has 0 radical (unpaired) electrons. The van der Waals surface area contributed by atoms with Crippen LogP contribution in [0.5, 0.6) is 5.88 Å². The molecular weight excluding hydrogens is 364 g/mol. The maximum atomic E-state index is 9.37. The van der Waals surface area contributed by atoms with Gasteiger partial charge in [0.05, 0.1) is 23.8 Å². The van der Waals surface area contributed by atoms with E-state index in [9.17, 15) is 5.26 Å². The Morgan fingerprint density at radius 3 is 2.59 bits per heavy atom. The fourth-order valence-electron chi connectivity index (χ4n) is 3.19. The molecule has 3 N–H and O–H groups in total. The molecule has 0 saturated carbocycles. The Balaban J connectivity index is 2.07. The maximum absolute atomic E-state index is 9.37. The number of nitrogens with zero attached hydrogens (tertiary/aromatic N) is 4. The zero-order valence-corrected chi connectivity index (χ0v) is 17.4. The molecule has 1 atom stereocenters. The number of methoxy groups -OCH3 is 1. The smallest absolute Gasteiger partial charge is 0.222 e. The molecule has 3 aromatic rings. The summed E-state index contributed by atoms with van der Waals surface area (Å²) in [6, 6.07) is 7.72. The van der Waals surface area contributed by atoms with Crippen LogP contribution in [-0.4, -0.2) is 22.1 Å². The Hall–Kier alpha value is -3.24. The minimum absolute atomic E-state index is 0.191. The Bertz CT molecular complexity index is 1080. The number of ether oxygens (including phenoxy) is 1. The number of nitrogens with one attached hydrogen (secondary N) is 1. The highest BCUT2D eigenvalue weighted by atomic mass is 16.5. The summed E-state index contributed by atoms with van der Waals surface area (Å²) in [6.07, 6.45) is 4.37. The average Bonchev–Trinajstić information content (AvgIpc) is 2.71.